The van der Waals surface area contributed by atoms with Gasteiger partial charge in [-0.25, -0.2) is 0 Å². The topological polar surface area (TPSA) is 0 Å². The molecule has 0 radical (unpaired) electrons. The van der Waals surface area contributed by atoms with Gasteiger partial charge in [-0.15, -0.1) is 0 Å². The van der Waals surface area contributed by atoms with Crippen LogP contribution in [0.15, 0.2) is 48.6 Å². The maximum absolute atomic E-state index is 2.25. The van der Waals surface area contributed by atoms with Crippen molar-refractivity contribution in [1.82, 2.24) is 0 Å². The van der Waals surface area contributed by atoms with E-state index < -0.39 is 0 Å². The van der Waals surface area contributed by atoms with Gasteiger partial charge in [0.1, 0.15) is 0 Å². The summed E-state index contributed by atoms with van der Waals surface area (Å²) < 4.78 is 0. The molecule has 0 saturated heterocycles. The molecule has 0 saturated carbocycles. The fraction of sp³-hybridized carbons (Fsp3) is 0.333. The van der Waals surface area contributed by atoms with E-state index in [0.29, 0.717) is 0 Å². The molecule has 1 rings (SSSR count). The lowest BCUT2D eigenvalue weighted by Crippen LogP contribution is -1.67. The molecule has 0 N–H and O–H groups in total. The molecule has 0 unspecified atom stereocenters. The van der Waals surface area contributed by atoms with Gasteiger partial charge in [-0.1, -0.05) is 48.6 Å². The minimum atomic E-state index is 1.06. The number of hydrogen-bond acceptors (Lipinski definition) is 0. The van der Waals surface area contributed by atoms with Crippen LogP contribution in [0.4, 0.5) is 0 Å². The van der Waals surface area contributed by atoms with Gasteiger partial charge in [0, 0.05) is 0 Å². The fourth-order valence-electron chi connectivity index (χ4n) is 1.09. The molecule has 0 aromatic heterocycles. The average molecular weight is 160 g/mol. The third kappa shape index (κ3) is 4.73. The van der Waals surface area contributed by atoms with Gasteiger partial charge in [0.05, 0.1) is 0 Å². The van der Waals surface area contributed by atoms with E-state index in [1.165, 1.54) is 12.8 Å². The van der Waals surface area contributed by atoms with Crippen LogP contribution in [0.1, 0.15) is 25.7 Å². The zero-order chi connectivity index (χ0) is 8.49. The number of allylic oxidation sites excluding steroid dienone is 8. The third-order valence-electron chi connectivity index (χ3n) is 1.76. The summed E-state index contributed by atoms with van der Waals surface area (Å²) in [5, 5.41) is 0. The van der Waals surface area contributed by atoms with Crippen LogP contribution in [0.2, 0.25) is 0 Å². The van der Waals surface area contributed by atoms with Crippen molar-refractivity contribution in [3.63, 3.8) is 0 Å². The molecule has 1 aliphatic carbocycles. The summed E-state index contributed by atoms with van der Waals surface area (Å²) in [4.78, 5) is 0. The predicted molar refractivity (Wildman–Crippen MR) is 55.0 cm³/mol. The molecule has 0 heterocycles. The molecule has 0 atom stereocenters. The SMILES string of the molecule is C1=CC/C=C/CC/C=C/C/C=C\1. The van der Waals surface area contributed by atoms with Crippen LogP contribution < -0.4 is 0 Å². The van der Waals surface area contributed by atoms with Gasteiger partial charge in [-0.05, 0) is 25.7 Å². The zero-order valence-electron chi connectivity index (χ0n) is 7.45. The first-order valence-electron chi connectivity index (χ1n) is 4.62. The first-order valence-corrected chi connectivity index (χ1v) is 4.62. The van der Waals surface area contributed by atoms with Gasteiger partial charge in [-0.2, -0.15) is 0 Å². The van der Waals surface area contributed by atoms with E-state index in [9.17, 15) is 0 Å². The first kappa shape index (κ1) is 9.05. The van der Waals surface area contributed by atoms with Gasteiger partial charge >= 0.3 is 0 Å². The Kier molecular flexibility index (Phi) is 5.02. The van der Waals surface area contributed by atoms with Crippen molar-refractivity contribution in [3.8, 4) is 0 Å². The van der Waals surface area contributed by atoms with Crippen molar-refractivity contribution < 1.29 is 0 Å². The monoisotopic (exact) mass is 160 g/mol. The Labute approximate surface area is 75.0 Å². The summed E-state index contributed by atoms with van der Waals surface area (Å²) in [5.41, 5.74) is 0. The van der Waals surface area contributed by atoms with Gasteiger partial charge in [0.15, 0.2) is 0 Å². The van der Waals surface area contributed by atoms with Crippen molar-refractivity contribution >= 4 is 0 Å². The minimum Gasteiger partial charge on any atom is -0.0879 e. The van der Waals surface area contributed by atoms with Crippen LogP contribution in [-0.4, -0.2) is 0 Å². The molecule has 0 aromatic rings. The van der Waals surface area contributed by atoms with Gasteiger partial charge in [0.25, 0.3) is 0 Å². The van der Waals surface area contributed by atoms with E-state index in [1.54, 1.807) is 0 Å². The quantitative estimate of drug-likeness (QED) is 0.473. The van der Waals surface area contributed by atoms with E-state index in [2.05, 4.69) is 48.6 Å². The molecule has 0 nitrogen and oxygen atoms in total. The highest BCUT2D eigenvalue weighted by Gasteiger charge is 1.77. The summed E-state index contributed by atoms with van der Waals surface area (Å²) in [6.45, 7) is 0. The van der Waals surface area contributed by atoms with Gasteiger partial charge in [0.2, 0.25) is 0 Å². The Morgan fingerprint density at radius 1 is 0.500 bits per heavy atom. The molecule has 0 spiro atoms. The van der Waals surface area contributed by atoms with Crippen molar-refractivity contribution in [2.45, 2.75) is 25.7 Å². The van der Waals surface area contributed by atoms with Crippen molar-refractivity contribution in [2.24, 2.45) is 0 Å². The molecule has 0 aliphatic heterocycles. The molecule has 0 heteroatoms. The molecule has 0 amide bonds. The second-order valence-corrected chi connectivity index (χ2v) is 2.85. The van der Waals surface area contributed by atoms with E-state index >= 15 is 0 Å². The second-order valence-electron chi connectivity index (χ2n) is 2.85. The van der Waals surface area contributed by atoms with Crippen molar-refractivity contribution in [1.29, 1.82) is 0 Å². The lowest BCUT2D eigenvalue weighted by Gasteiger charge is -1.88. The maximum atomic E-state index is 2.25. The fourth-order valence-corrected chi connectivity index (χ4v) is 1.09. The Balaban J connectivity index is 2.41. The van der Waals surface area contributed by atoms with Crippen LogP contribution in [0.25, 0.3) is 0 Å². The molecule has 0 fully saturated rings. The lowest BCUT2D eigenvalue weighted by atomic mass is 10.2. The highest BCUT2D eigenvalue weighted by Crippen LogP contribution is 1.98. The van der Waals surface area contributed by atoms with Crippen molar-refractivity contribution in [2.75, 3.05) is 0 Å². The van der Waals surface area contributed by atoms with E-state index in [4.69, 9.17) is 0 Å². The Morgan fingerprint density at radius 2 is 1.00 bits per heavy atom. The van der Waals surface area contributed by atoms with Crippen molar-refractivity contribution in [3.05, 3.63) is 48.6 Å². The predicted octanol–water partition coefficient (Wildman–Crippen LogP) is 3.79. The average Bonchev–Trinajstić information content (AvgIpc) is 2.05. The third-order valence-corrected chi connectivity index (χ3v) is 1.76. The molecule has 0 bridgehead atoms. The van der Waals surface area contributed by atoms with E-state index in [0.717, 1.165) is 12.8 Å². The molecule has 12 heavy (non-hydrogen) atoms. The molecule has 64 valence electrons. The van der Waals surface area contributed by atoms with Crippen LogP contribution in [0, 0.1) is 0 Å². The van der Waals surface area contributed by atoms with Crippen LogP contribution in [0.3, 0.4) is 0 Å². The normalized spacial score (nSPS) is 26.7. The largest absolute Gasteiger partial charge is 0.0879 e. The number of hydrogen-bond donors (Lipinski definition) is 0. The summed E-state index contributed by atoms with van der Waals surface area (Å²) in [6.07, 6.45) is 22.0. The first-order chi connectivity index (χ1) is 6.00. The lowest BCUT2D eigenvalue weighted by molar-refractivity contribution is 1.04. The van der Waals surface area contributed by atoms with E-state index in [-0.39, 0.29) is 0 Å². The van der Waals surface area contributed by atoms with Crippen LogP contribution in [0.5, 0.6) is 0 Å². The summed E-state index contributed by atoms with van der Waals surface area (Å²) in [6, 6.07) is 0. The van der Waals surface area contributed by atoms with Gasteiger partial charge in [-0.3, -0.25) is 0 Å². The maximum Gasteiger partial charge on any atom is -0.0166 e. The molecule has 0 aromatic carbocycles. The second kappa shape index (κ2) is 6.66. The Bertz CT molecular complexity index is 180. The van der Waals surface area contributed by atoms with E-state index in [1.807, 2.05) is 0 Å². The summed E-state index contributed by atoms with van der Waals surface area (Å²) in [7, 11) is 0. The van der Waals surface area contributed by atoms with Gasteiger partial charge < -0.3 is 0 Å². The summed E-state index contributed by atoms with van der Waals surface area (Å²) >= 11 is 0. The molecule has 1 aliphatic rings. The Hall–Kier alpha value is -1.04. The van der Waals surface area contributed by atoms with Crippen LogP contribution in [-0.2, 0) is 0 Å². The Morgan fingerprint density at radius 3 is 1.50 bits per heavy atom. The zero-order valence-corrected chi connectivity index (χ0v) is 7.45. The summed E-state index contributed by atoms with van der Waals surface area (Å²) in [5.74, 6) is 0. The standard InChI is InChI=1S/C12H16/c1-2-4-6-8-10-12-11-9-7-5-3-1/h1-4,7-10H,5-6,11-12H2/b3-1-,4-2?,9-7+,10-8+. The molecular formula is C12H16. The molecular weight excluding hydrogens is 144 g/mol. The number of rotatable bonds is 0. The smallest absolute Gasteiger partial charge is 0.0166 e. The van der Waals surface area contributed by atoms with Crippen LogP contribution >= 0.6 is 0 Å². The highest BCUT2D eigenvalue weighted by molar-refractivity contribution is 5.07. The highest BCUT2D eigenvalue weighted by atomic mass is 13.8. The minimum absolute atomic E-state index is 1.06.